The van der Waals surface area contributed by atoms with Crippen molar-refractivity contribution in [2.24, 2.45) is 5.73 Å². The van der Waals surface area contributed by atoms with E-state index >= 15 is 0 Å². The first kappa shape index (κ1) is 26.5. The predicted octanol–water partition coefficient (Wildman–Crippen LogP) is 1.12. The van der Waals surface area contributed by atoms with Crippen molar-refractivity contribution in [2.45, 2.75) is 31.2 Å². The van der Waals surface area contributed by atoms with Gasteiger partial charge >= 0.3 is 0 Å². The molecular formula is C24H26F2N6O4. The Bertz CT molecular complexity index is 1210. The molecule has 2 aromatic rings. The van der Waals surface area contributed by atoms with Crippen LogP contribution in [0.5, 0.6) is 0 Å². The number of hydrogen-bond acceptors (Lipinski definition) is 6. The van der Waals surface area contributed by atoms with Crippen LogP contribution in [0.3, 0.4) is 0 Å². The summed E-state index contributed by atoms with van der Waals surface area (Å²) >= 11 is 0. The molecule has 190 valence electrons. The number of nitriles is 1. The van der Waals surface area contributed by atoms with Gasteiger partial charge in [0.1, 0.15) is 6.04 Å². The molecule has 1 heterocycles. The van der Waals surface area contributed by atoms with Crippen molar-refractivity contribution >= 4 is 40.1 Å². The molecule has 1 aliphatic rings. The van der Waals surface area contributed by atoms with E-state index in [2.05, 4.69) is 16.0 Å². The van der Waals surface area contributed by atoms with Crippen molar-refractivity contribution < 1.29 is 28.0 Å². The molecule has 4 amide bonds. The Morgan fingerprint density at radius 1 is 1.06 bits per heavy atom. The lowest BCUT2D eigenvalue weighted by Gasteiger charge is -2.19. The Hall–Kier alpha value is -4.11. The molecule has 0 saturated carbocycles. The van der Waals surface area contributed by atoms with Crippen LogP contribution in [0.15, 0.2) is 36.4 Å². The van der Waals surface area contributed by atoms with Crippen molar-refractivity contribution in [1.82, 2.24) is 15.5 Å². The van der Waals surface area contributed by atoms with Crippen molar-refractivity contribution in [3.05, 3.63) is 42.0 Å². The minimum atomic E-state index is -3.15. The minimum absolute atomic E-state index is 0.00606. The largest absolute Gasteiger partial charge is 0.355 e. The number of amides is 4. The van der Waals surface area contributed by atoms with E-state index < -0.39 is 43.3 Å². The Kier molecular flexibility index (Phi) is 8.50. The van der Waals surface area contributed by atoms with Gasteiger partial charge in [-0.1, -0.05) is 24.3 Å². The first-order chi connectivity index (χ1) is 17.1. The van der Waals surface area contributed by atoms with Gasteiger partial charge in [0.2, 0.25) is 17.7 Å². The highest BCUT2D eigenvalue weighted by atomic mass is 19.3. The number of carbonyl (C=O) groups excluding carboxylic acids is 4. The van der Waals surface area contributed by atoms with Crippen LogP contribution in [0.4, 0.5) is 14.5 Å². The zero-order valence-electron chi connectivity index (χ0n) is 19.4. The van der Waals surface area contributed by atoms with E-state index in [9.17, 15) is 28.0 Å². The fourth-order valence-electron chi connectivity index (χ4n) is 3.90. The van der Waals surface area contributed by atoms with Crippen molar-refractivity contribution in [3.63, 3.8) is 0 Å². The van der Waals surface area contributed by atoms with E-state index in [1.165, 1.54) is 6.07 Å². The molecule has 3 rings (SSSR count). The van der Waals surface area contributed by atoms with Gasteiger partial charge in [-0.3, -0.25) is 19.2 Å². The molecule has 0 bridgehead atoms. The summed E-state index contributed by atoms with van der Waals surface area (Å²) in [5, 5.41) is 17.8. The number of halogens is 2. The zero-order chi connectivity index (χ0) is 26.3. The van der Waals surface area contributed by atoms with Gasteiger partial charge in [0.15, 0.2) is 0 Å². The molecule has 2 aromatic carbocycles. The van der Waals surface area contributed by atoms with Crippen LogP contribution in [-0.2, 0) is 14.4 Å². The Morgan fingerprint density at radius 3 is 2.47 bits per heavy atom. The van der Waals surface area contributed by atoms with Crippen LogP contribution < -0.4 is 21.7 Å². The monoisotopic (exact) mass is 500 g/mol. The Morgan fingerprint density at radius 2 is 1.75 bits per heavy atom. The number of alkyl halides is 2. The first-order valence-corrected chi connectivity index (χ1v) is 11.3. The fourth-order valence-corrected chi connectivity index (χ4v) is 3.90. The molecule has 1 aliphatic heterocycles. The SMILES string of the molecule is N#C[C@@H]1CC(F)(F)CN1C(=O)CNC(=O)c1cccc2c(NC(=O)CCC(=O)NCCN)cccc12. The lowest BCUT2D eigenvalue weighted by atomic mass is 10.0. The molecule has 0 aromatic heterocycles. The van der Waals surface area contributed by atoms with Gasteiger partial charge in [0.05, 0.1) is 19.2 Å². The number of hydrogen-bond donors (Lipinski definition) is 4. The Balaban J connectivity index is 1.67. The number of fused-ring (bicyclic) bond motifs is 1. The maximum atomic E-state index is 13.6. The number of nitrogens with one attached hydrogen (secondary N) is 3. The summed E-state index contributed by atoms with van der Waals surface area (Å²) < 4.78 is 27.2. The third-order valence-corrected chi connectivity index (χ3v) is 5.63. The second kappa shape index (κ2) is 11.5. The van der Waals surface area contributed by atoms with Crippen LogP contribution in [0, 0.1) is 11.3 Å². The first-order valence-electron chi connectivity index (χ1n) is 11.3. The molecule has 0 unspecified atom stereocenters. The van der Waals surface area contributed by atoms with Crippen molar-refractivity contribution in [3.8, 4) is 6.07 Å². The fraction of sp³-hybridized carbons (Fsp3) is 0.375. The third-order valence-electron chi connectivity index (χ3n) is 5.63. The standard InChI is InChI=1S/C24H26F2N6O4/c25-24(26)11-15(12-28)32(14-24)22(35)13-30-23(36)18-5-1-4-17-16(18)3-2-6-19(17)31-21(34)8-7-20(33)29-10-9-27/h1-6,15H,7-11,13-14,27H2,(H,29,33)(H,30,36)(H,31,34)/t15-/m0/s1. The highest BCUT2D eigenvalue weighted by Gasteiger charge is 2.47. The van der Waals surface area contributed by atoms with Gasteiger partial charge in [0.25, 0.3) is 11.8 Å². The quantitative estimate of drug-likeness (QED) is 0.404. The van der Waals surface area contributed by atoms with Crippen LogP contribution >= 0.6 is 0 Å². The summed E-state index contributed by atoms with van der Waals surface area (Å²) in [4.78, 5) is 50.0. The van der Waals surface area contributed by atoms with E-state index in [4.69, 9.17) is 11.0 Å². The number of anilines is 1. The molecule has 1 fully saturated rings. The van der Waals surface area contributed by atoms with E-state index in [1.807, 2.05) is 0 Å². The van der Waals surface area contributed by atoms with Gasteiger partial charge in [-0.05, 0) is 17.5 Å². The summed E-state index contributed by atoms with van der Waals surface area (Å²) in [5.74, 6) is -5.23. The molecule has 1 saturated heterocycles. The number of likely N-dealkylation sites (tertiary alicyclic amines) is 1. The van der Waals surface area contributed by atoms with Gasteiger partial charge in [-0.15, -0.1) is 0 Å². The van der Waals surface area contributed by atoms with E-state index in [-0.39, 0.29) is 30.2 Å². The average molecular weight is 501 g/mol. The van der Waals surface area contributed by atoms with Crippen molar-refractivity contribution in [2.75, 3.05) is 31.5 Å². The zero-order valence-corrected chi connectivity index (χ0v) is 19.4. The molecule has 36 heavy (non-hydrogen) atoms. The molecule has 0 radical (unpaired) electrons. The minimum Gasteiger partial charge on any atom is -0.355 e. The van der Waals surface area contributed by atoms with E-state index in [1.54, 1.807) is 36.4 Å². The van der Waals surface area contributed by atoms with Crippen LogP contribution in [0.25, 0.3) is 10.8 Å². The molecule has 1 atom stereocenters. The summed E-state index contributed by atoms with van der Waals surface area (Å²) in [7, 11) is 0. The molecule has 0 spiro atoms. The molecular weight excluding hydrogens is 474 g/mol. The van der Waals surface area contributed by atoms with Gasteiger partial charge in [-0.2, -0.15) is 5.26 Å². The predicted molar refractivity (Wildman–Crippen MR) is 127 cm³/mol. The molecule has 5 N–H and O–H groups in total. The second-order valence-corrected chi connectivity index (χ2v) is 8.30. The van der Waals surface area contributed by atoms with Crippen molar-refractivity contribution in [1.29, 1.82) is 5.26 Å². The topological polar surface area (TPSA) is 157 Å². The van der Waals surface area contributed by atoms with Gasteiger partial charge < -0.3 is 26.6 Å². The average Bonchev–Trinajstić information content (AvgIpc) is 3.19. The molecule has 0 aliphatic carbocycles. The Labute approximate surface area is 205 Å². The summed E-state index contributed by atoms with van der Waals surface area (Å²) in [6.07, 6.45) is -0.790. The molecule has 10 nitrogen and oxygen atoms in total. The smallest absolute Gasteiger partial charge is 0.268 e. The lowest BCUT2D eigenvalue weighted by molar-refractivity contribution is -0.131. The van der Waals surface area contributed by atoms with Crippen LogP contribution in [0.2, 0.25) is 0 Å². The normalized spacial score (nSPS) is 16.3. The number of benzene rings is 2. The van der Waals surface area contributed by atoms with Crippen LogP contribution in [0.1, 0.15) is 29.6 Å². The number of nitrogens with zero attached hydrogens (tertiary/aromatic N) is 2. The van der Waals surface area contributed by atoms with Gasteiger partial charge in [-0.25, -0.2) is 8.78 Å². The maximum absolute atomic E-state index is 13.6. The van der Waals surface area contributed by atoms with E-state index in [0.29, 0.717) is 29.5 Å². The summed E-state index contributed by atoms with van der Waals surface area (Å²) in [5.41, 5.74) is 5.97. The summed E-state index contributed by atoms with van der Waals surface area (Å²) in [6.45, 7) is -0.797. The highest BCUT2D eigenvalue weighted by molar-refractivity contribution is 6.12. The highest BCUT2D eigenvalue weighted by Crippen LogP contribution is 2.31. The number of nitrogens with two attached hydrogens (primary N) is 1. The third kappa shape index (κ3) is 6.51. The van der Waals surface area contributed by atoms with Gasteiger partial charge in [0, 0.05) is 49.0 Å². The maximum Gasteiger partial charge on any atom is 0.268 e. The second-order valence-electron chi connectivity index (χ2n) is 8.30. The molecule has 12 heteroatoms. The van der Waals surface area contributed by atoms with Crippen LogP contribution in [-0.4, -0.2) is 66.7 Å². The van der Waals surface area contributed by atoms with E-state index in [0.717, 1.165) is 4.90 Å². The lowest BCUT2D eigenvalue weighted by Crippen LogP contribution is -2.43. The summed E-state index contributed by atoms with van der Waals surface area (Å²) in [6, 6.07) is 10.2. The number of rotatable bonds is 9. The number of carbonyl (C=O) groups is 4.